The van der Waals surface area contributed by atoms with Crippen LogP contribution in [0.1, 0.15) is 35.2 Å². The molecule has 2 aromatic heterocycles. The van der Waals surface area contributed by atoms with Crippen molar-refractivity contribution in [2.24, 2.45) is 0 Å². The summed E-state index contributed by atoms with van der Waals surface area (Å²) < 4.78 is 111. The number of aromatic nitrogens is 3. The quantitative estimate of drug-likeness (QED) is 0.239. The summed E-state index contributed by atoms with van der Waals surface area (Å²) in [6, 6.07) is 7.07. The summed E-state index contributed by atoms with van der Waals surface area (Å²) in [6.45, 7) is 0.302. The highest BCUT2D eigenvalue weighted by Gasteiger charge is 2.22. The zero-order valence-corrected chi connectivity index (χ0v) is 21.8. The Kier molecular flexibility index (Phi) is 8.48. The van der Waals surface area contributed by atoms with Crippen molar-refractivity contribution >= 4 is 15.7 Å². The lowest BCUT2D eigenvalue weighted by Gasteiger charge is -2.11. The van der Waals surface area contributed by atoms with Gasteiger partial charge in [-0.3, -0.25) is 0 Å². The van der Waals surface area contributed by atoms with Crippen molar-refractivity contribution in [1.29, 1.82) is 0 Å². The Labute approximate surface area is 225 Å². The average Bonchev–Trinajstić information content (AvgIpc) is 3.30. The van der Waals surface area contributed by atoms with Crippen LogP contribution in [-0.4, -0.2) is 55.1 Å². The highest BCUT2D eigenvalue weighted by molar-refractivity contribution is 7.89. The highest BCUT2D eigenvalue weighted by atomic mass is 32.2. The standard InChI is InChI=1S/C26H21F6N5O2S/c1-36(2)10-9-34-40(38,39)23-11-17(19(27)12-20(23)28)7-8-18-14-33-37-22(25(31)32)13-21(35-26(18)37)15-3-5-16(6-4-15)24(29)30/h3-6,11-14,24-25,34H,9-10H2,1-2H3. The molecule has 4 aromatic rings. The van der Waals surface area contributed by atoms with E-state index < -0.39 is 50.7 Å². The number of halogens is 6. The van der Waals surface area contributed by atoms with Crippen molar-refractivity contribution in [3.63, 3.8) is 0 Å². The van der Waals surface area contributed by atoms with Gasteiger partial charge in [-0.25, -0.2) is 49.0 Å². The fourth-order valence-corrected chi connectivity index (χ4v) is 4.73. The Bertz CT molecular complexity index is 1710. The molecule has 0 unspecified atom stereocenters. The van der Waals surface area contributed by atoms with Crippen molar-refractivity contribution in [1.82, 2.24) is 24.2 Å². The van der Waals surface area contributed by atoms with Crippen molar-refractivity contribution in [2.75, 3.05) is 27.2 Å². The van der Waals surface area contributed by atoms with Crippen molar-refractivity contribution in [3.8, 4) is 23.1 Å². The van der Waals surface area contributed by atoms with Crippen molar-refractivity contribution in [3.05, 3.63) is 82.7 Å². The van der Waals surface area contributed by atoms with Gasteiger partial charge in [0.25, 0.3) is 12.9 Å². The van der Waals surface area contributed by atoms with E-state index in [9.17, 15) is 34.8 Å². The Balaban J connectivity index is 1.76. The molecule has 1 N–H and O–H groups in total. The molecule has 0 fully saturated rings. The third-order valence-corrected chi connectivity index (χ3v) is 7.15. The summed E-state index contributed by atoms with van der Waals surface area (Å²) >= 11 is 0. The van der Waals surface area contributed by atoms with E-state index in [1.165, 1.54) is 12.1 Å². The minimum absolute atomic E-state index is 0.0230. The monoisotopic (exact) mass is 581 g/mol. The zero-order valence-electron chi connectivity index (χ0n) is 21.0. The van der Waals surface area contributed by atoms with Crippen LogP contribution in [-0.2, 0) is 10.0 Å². The van der Waals surface area contributed by atoms with Crippen LogP contribution in [0.5, 0.6) is 0 Å². The van der Waals surface area contributed by atoms with Gasteiger partial charge in [0.05, 0.1) is 23.0 Å². The number of alkyl halides is 4. The molecule has 210 valence electrons. The number of nitrogens with zero attached hydrogens (tertiary/aromatic N) is 4. The predicted molar refractivity (Wildman–Crippen MR) is 134 cm³/mol. The van der Waals surface area contributed by atoms with Gasteiger partial charge < -0.3 is 4.90 Å². The number of hydrogen-bond donors (Lipinski definition) is 1. The summed E-state index contributed by atoms with van der Waals surface area (Å²) in [6.07, 6.45) is -4.60. The van der Waals surface area contributed by atoms with Crippen molar-refractivity contribution in [2.45, 2.75) is 17.7 Å². The summed E-state index contributed by atoms with van der Waals surface area (Å²) in [4.78, 5) is 5.18. The Morgan fingerprint density at radius 3 is 2.25 bits per heavy atom. The smallest absolute Gasteiger partial charge is 0.280 e. The Morgan fingerprint density at radius 2 is 1.62 bits per heavy atom. The largest absolute Gasteiger partial charge is 0.308 e. The van der Waals surface area contributed by atoms with Crippen LogP contribution in [0.2, 0.25) is 0 Å². The second-order valence-corrected chi connectivity index (χ2v) is 10.5. The molecule has 2 aromatic carbocycles. The fraction of sp³-hybridized carbons (Fsp3) is 0.231. The lowest BCUT2D eigenvalue weighted by Crippen LogP contribution is -2.32. The molecular weight excluding hydrogens is 560 g/mol. The number of fused-ring (bicyclic) bond motifs is 1. The lowest BCUT2D eigenvalue weighted by molar-refractivity contribution is 0.143. The Morgan fingerprint density at radius 1 is 0.950 bits per heavy atom. The molecule has 0 amide bonds. The topological polar surface area (TPSA) is 79.6 Å². The molecule has 2 heterocycles. The number of sulfonamides is 1. The van der Waals surface area contributed by atoms with Gasteiger partial charge in [0.15, 0.2) is 5.65 Å². The van der Waals surface area contributed by atoms with E-state index in [4.69, 9.17) is 0 Å². The fourth-order valence-electron chi connectivity index (χ4n) is 3.62. The predicted octanol–water partition coefficient (Wildman–Crippen LogP) is 4.79. The van der Waals surface area contributed by atoms with Gasteiger partial charge in [0.1, 0.15) is 22.2 Å². The molecule has 0 atom stereocenters. The molecule has 0 aliphatic heterocycles. The second kappa shape index (κ2) is 11.7. The minimum atomic E-state index is -4.34. The molecule has 0 saturated heterocycles. The zero-order chi connectivity index (χ0) is 29.2. The van der Waals surface area contributed by atoms with E-state index >= 15 is 0 Å². The molecule has 4 rings (SSSR count). The van der Waals surface area contributed by atoms with Crippen LogP contribution in [0.4, 0.5) is 26.3 Å². The number of benzene rings is 2. The van der Waals surface area contributed by atoms with E-state index in [0.29, 0.717) is 12.6 Å². The van der Waals surface area contributed by atoms with Gasteiger partial charge in [0.2, 0.25) is 10.0 Å². The number of likely N-dealkylation sites (N-methyl/N-ethyl adjacent to an activating group) is 1. The first-order valence-electron chi connectivity index (χ1n) is 11.6. The lowest BCUT2D eigenvalue weighted by atomic mass is 10.1. The molecule has 0 radical (unpaired) electrons. The van der Waals surface area contributed by atoms with Gasteiger partial charge >= 0.3 is 0 Å². The van der Waals surface area contributed by atoms with E-state index in [1.54, 1.807) is 19.0 Å². The van der Waals surface area contributed by atoms with Crippen LogP contribution in [0.15, 0.2) is 53.6 Å². The maximum Gasteiger partial charge on any atom is 0.280 e. The molecule has 0 aliphatic rings. The number of nitrogens with one attached hydrogen (secondary N) is 1. The van der Waals surface area contributed by atoms with E-state index in [1.807, 2.05) is 0 Å². The molecular formula is C26H21F6N5O2S. The van der Waals surface area contributed by atoms with Crippen LogP contribution < -0.4 is 4.72 Å². The van der Waals surface area contributed by atoms with Gasteiger partial charge in [0, 0.05) is 30.3 Å². The molecule has 0 saturated carbocycles. The second-order valence-electron chi connectivity index (χ2n) is 8.80. The van der Waals surface area contributed by atoms with Crippen LogP contribution >= 0.6 is 0 Å². The SMILES string of the molecule is CN(C)CCNS(=O)(=O)c1cc(C#Cc2cnn3c(C(F)F)cc(-c4ccc(C(F)F)cc4)nc23)c(F)cc1F. The highest BCUT2D eigenvalue weighted by Crippen LogP contribution is 2.28. The molecule has 0 aliphatic carbocycles. The molecule has 7 nitrogen and oxygen atoms in total. The van der Waals surface area contributed by atoms with Crippen molar-refractivity contribution < 1.29 is 34.8 Å². The molecule has 40 heavy (non-hydrogen) atoms. The summed E-state index contributed by atoms with van der Waals surface area (Å²) in [5.41, 5.74) is -1.15. The molecule has 14 heteroatoms. The first-order chi connectivity index (χ1) is 18.9. The van der Waals surface area contributed by atoms with E-state index in [-0.39, 0.29) is 34.6 Å². The van der Waals surface area contributed by atoms with Crippen LogP contribution in [0, 0.1) is 23.5 Å². The summed E-state index contributed by atoms with van der Waals surface area (Å²) in [5.74, 6) is 2.46. The first-order valence-corrected chi connectivity index (χ1v) is 13.1. The normalized spacial score (nSPS) is 12.0. The molecule has 0 spiro atoms. The third kappa shape index (κ3) is 6.27. The van der Waals surface area contributed by atoms with Crippen LogP contribution in [0.25, 0.3) is 16.9 Å². The van der Waals surface area contributed by atoms with Gasteiger partial charge in [-0.05, 0) is 26.2 Å². The average molecular weight is 582 g/mol. The minimum Gasteiger partial charge on any atom is -0.308 e. The maximum atomic E-state index is 14.5. The molecule has 0 bridgehead atoms. The number of hydrogen-bond acceptors (Lipinski definition) is 5. The van der Waals surface area contributed by atoms with E-state index in [2.05, 4.69) is 26.6 Å². The summed E-state index contributed by atoms with van der Waals surface area (Å²) in [7, 11) is -0.909. The third-order valence-electron chi connectivity index (χ3n) is 5.68. The van der Waals surface area contributed by atoms with Gasteiger partial charge in [-0.15, -0.1) is 0 Å². The Hall–Kier alpha value is -3.93. The summed E-state index contributed by atoms with van der Waals surface area (Å²) in [5, 5.41) is 3.87. The van der Waals surface area contributed by atoms with E-state index in [0.717, 1.165) is 35.0 Å². The van der Waals surface area contributed by atoms with Crippen LogP contribution in [0.3, 0.4) is 0 Å². The maximum absolute atomic E-state index is 14.5. The van der Waals surface area contributed by atoms with Gasteiger partial charge in [-0.1, -0.05) is 36.1 Å². The van der Waals surface area contributed by atoms with Gasteiger partial charge in [-0.2, -0.15) is 5.10 Å². The first kappa shape index (κ1) is 29.1. The number of rotatable bonds is 8.